The number of rotatable bonds is 2. The average Bonchev–Trinajstić information content (AvgIpc) is 2.09. The van der Waals surface area contributed by atoms with Crippen LogP contribution in [0.1, 0.15) is 18.2 Å². The summed E-state index contributed by atoms with van der Waals surface area (Å²) in [5, 5.41) is 0. The molecule has 1 aromatic rings. The Kier molecular flexibility index (Phi) is 3.20. The zero-order valence-corrected chi connectivity index (χ0v) is 7.36. The zero-order chi connectivity index (χ0) is 8.81. The summed E-state index contributed by atoms with van der Waals surface area (Å²) >= 11 is 0. The van der Waals surface area contributed by atoms with Crippen LogP contribution in [0.3, 0.4) is 0 Å². The molecule has 1 aromatic heterocycles. The quantitative estimate of drug-likeness (QED) is 0.608. The molecule has 0 amide bonds. The fourth-order valence-electron chi connectivity index (χ4n) is 0.981. The zero-order valence-electron chi connectivity index (χ0n) is 7.36. The number of nitrogens with zero attached hydrogens (tertiary/aromatic N) is 2. The molecule has 2 heteroatoms. The van der Waals surface area contributed by atoms with Gasteiger partial charge in [0.2, 0.25) is 0 Å². The van der Waals surface area contributed by atoms with Crippen molar-refractivity contribution < 1.29 is 0 Å². The van der Waals surface area contributed by atoms with Crippen LogP contribution in [0.5, 0.6) is 0 Å². The molecule has 12 heavy (non-hydrogen) atoms. The van der Waals surface area contributed by atoms with E-state index >= 15 is 0 Å². The van der Waals surface area contributed by atoms with E-state index in [4.69, 9.17) is 0 Å². The number of allylic oxidation sites excluding steroid dienone is 1. The molecule has 0 radical (unpaired) electrons. The number of aromatic nitrogens is 1. The van der Waals surface area contributed by atoms with Crippen molar-refractivity contribution in [1.29, 1.82) is 0 Å². The van der Waals surface area contributed by atoms with Crippen LogP contribution < -0.4 is 0 Å². The lowest BCUT2D eigenvalue weighted by molar-refractivity contribution is 1.28. The van der Waals surface area contributed by atoms with E-state index in [2.05, 4.69) is 9.98 Å². The molecule has 0 aliphatic rings. The van der Waals surface area contributed by atoms with Crippen LogP contribution in [0.15, 0.2) is 29.4 Å². The van der Waals surface area contributed by atoms with Crippen molar-refractivity contribution in [2.75, 3.05) is 7.05 Å². The van der Waals surface area contributed by atoms with Gasteiger partial charge in [-0.2, -0.15) is 0 Å². The molecule has 0 unspecified atom stereocenters. The molecule has 0 bridgehead atoms. The van der Waals surface area contributed by atoms with Gasteiger partial charge in [0, 0.05) is 25.0 Å². The summed E-state index contributed by atoms with van der Waals surface area (Å²) in [5.41, 5.74) is 2.02. The lowest BCUT2D eigenvalue weighted by Crippen LogP contribution is -1.90. The Bertz CT molecular complexity index is 269. The first-order valence-corrected chi connectivity index (χ1v) is 3.88. The summed E-state index contributed by atoms with van der Waals surface area (Å²) in [5.74, 6) is 0. The van der Waals surface area contributed by atoms with Gasteiger partial charge in [-0.25, -0.2) is 0 Å². The van der Waals surface area contributed by atoms with E-state index in [1.165, 1.54) is 0 Å². The molecule has 0 spiro atoms. The summed E-state index contributed by atoms with van der Waals surface area (Å²) in [7, 11) is 1.74. The van der Waals surface area contributed by atoms with Gasteiger partial charge in [-0.05, 0) is 13.0 Å². The normalized spacial score (nSPS) is 11.5. The molecule has 2 nitrogen and oxygen atoms in total. The fourth-order valence-corrected chi connectivity index (χ4v) is 0.981. The predicted molar refractivity (Wildman–Crippen MR) is 52.5 cm³/mol. The van der Waals surface area contributed by atoms with Crippen molar-refractivity contribution in [2.45, 2.75) is 6.92 Å². The predicted octanol–water partition coefficient (Wildman–Crippen LogP) is 2.16. The second kappa shape index (κ2) is 4.44. The molecule has 1 heterocycles. The van der Waals surface area contributed by atoms with E-state index in [9.17, 15) is 0 Å². The van der Waals surface area contributed by atoms with Crippen molar-refractivity contribution >= 4 is 12.3 Å². The molecular formula is C10H12N2. The first-order chi connectivity index (χ1) is 5.88. The van der Waals surface area contributed by atoms with Gasteiger partial charge in [0.1, 0.15) is 0 Å². The standard InChI is InChI=1S/C10H12N2/c1-3-5-9-6-4-7-12-10(9)8-11-2/h3-8H,1-2H3/b5-3-,11-8?. The van der Waals surface area contributed by atoms with E-state index < -0.39 is 0 Å². The van der Waals surface area contributed by atoms with Gasteiger partial charge >= 0.3 is 0 Å². The Hall–Kier alpha value is -1.44. The van der Waals surface area contributed by atoms with Crippen LogP contribution >= 0.6 is 0 Å². The Morgan fingerprint density at radius 1 is 1.50 bits per heavy atom. The first-order valence-electron chi connectivity index (χ1n) is 3.88. The highest BCUT2D eigenvalue weighted by Crippen LogP contribution is 2.04. The van der Waals surface area contributed by atoms with Crippen LogP contribution in [0.2, 0.25) is 0 Å². The van der Waals surface area contributed by atoms with Crippen molar-refractivity contribution in [1.82, 2.24) is 4.98 Å². The topological polar surface area (TPSA) is 25.2 Å². The lowest BCUT2D eigenvalue weighted by atomic mass is 10.2. The highest BCUT2D eigenvalue weighted by molar-refractivity contribution is 5.82. The smallest absolute Gasteiger partial charge is 0.0879 e. The molecular weight excluding hydrogens is 148 g/mol. The van der Waals surface area contributed by atoms with Crippen LogP contribution in [-0.2, 0) is 0 Å². The molecule has 0 saturated carbocycles. The van der Waals surface area contributed by atoms with Gasteiger partial charge in [-0.3, -0.25) is 9.98 Å². The van der Waals surface area contributed by atoms with Gasteiger partial charge in [0.05, 0.1) is 5.69 Å². The van der Waals surface area contributed by atoms with E-state index in [0.717, 1.165) is 11.3 Å². The largest absolute Gasteiger partial charge is 0.294 e. The maximum atomic E-state index is 4.19. The Balaban J connectivity index is 3.08. The van der Waals surface area contributed by atoms with E-state index in [1.54, 1.807) is 19.5 Å². The van der Waals surface area contributed by atoms with Crippen molar-refractivity contribution in [3.05, 3.63) is 35.7 Å². The fraction of sp³-hybridized carbons (Fsp3) is 0.200. The van der Waals surface area contributed by atoms with E-state index in [0.29, 0.717) is 0 Å². The molecule has 0 aromatic carbocycles. The van der Waals surface area contributed by atoms with Gasteiger partial charge in [-0.15, -0.1) is 0 Å². The summed E-state index contributed by atoms with van der Waals surface area (Å²) < 4.78 is 0. The molecule has 1 rings (SSSR count). The molecule has 0 aliphatic carbocycles. The highest BCUT2D eigenvalue weighted by Gasteiger charge is 1.93. The van der Waals surface area contributed by atoms with Gasteiger partial charge in [-0.1, -0.05) is 18.2 Å². The van der Waals surface area contributed by atoms with Crippen LogP contribution in [-0.4, -0.2) is 18.2 Å². The molecule has 0 N–H and O–H groups in total. The second-order valence-corrected chi connectivity index (χ2v) is 2.37. The minimum Gasteiger partial charge on any atom is -0.294 e. The van der Waals surface area contributed by atoms with Gasteiger partial charge < -0.3 is 0 Å². The maximum absolute atomic E-state index is 4.19. The number of hydrogen-bond acceptors (Lipinski definition) is 2. The molecule has 0 fully saturated rings. The maximum Gasteiger partial charge on any atom is 0.0879 e. The number of aliphatic imine (C=N–C) groups is 1. The first kappa shape index (κ1) is 8.65. The van der Waals surface area contributed by atoms with Crippen LogP contribution in [0, 0.1) is 0 Å². The summed E-state index contributed by atoms with van der Waals surface area (Å²) in [6, 6.07) is 3.94. The minimum absolute atomic E-state index is 0.915. The van der Waals surface area contributed by atoms with Crippen LogP contribution in [0.25, 0.3) is 6.08 Å². The molecule has 0 saturated heterocycles. The van der Waals surface area contributed by atoms with Gasteiger partial charge in [0.25, 0.3) is 0 Å². The highest BCUT2D eigenvalue weighted by atomic mass is 14.7. The van der Waals surface area contributed by atoms with Crippen LogP contribution in [0.4, 0.5) is 0 Å². The third kappa shape index (κ3) is 2.02. The second-order valence-electron chi connectivity index (χ2n) is 2.37. The van der Waals surface area contributed by atoms with Gasteiger partial charge in [0.15, 0.2) is 0 Å². The summed E-state index contributed by atoms with van der Waals surface area (Å²) in [6.45, 7) is 1.99. The molecule has 62 valence electrons. The molecule has 0 aliphatic heterocycles. The lowest BCUT2D eigenvalue weighted by Gasteiger charge is -1.96. The monoisotopic (exact) mass is 160 g/mol. The van der Waals surface area contributed by atoms with E-state index in [-0.39, 0.29) is 0 Å². The third-order valence-electron chi connectivity index (χ3n) is 1.47. The Morgan fingerprint density at radius 3 is 3.00 bits per heavy atom. The molecule has 0 atom stereocenters. The summed E-state index contributed by atoms with van der Waals surface area (Å²) in [6.07, 6.45) is 7.54. The van der Waals surface area contributed by atoms with Crippen molar-refractivity contribution in [3.63, 3.8) is 0 Å². The number of hydrogen-bond donors (Lipinski definition) is 0. The Morgan fingerprint density at radius 2 is 2.33 bits per heavy atom. The third-order valence-corrected chi connectivity index (χ3v) is 1.47. The Labute approximate surface area is 72.7 Å². The summed E-state index contributed by atoms with van der Waals surface area (Å²) in [4.78, 5) is 8.11. The van der Waals surface area contributed by atoms with Crippen molar-refractivity contribution in [3.8, 4) is 0 Å². The van der Waals surface area contributed by atoms with E-state index in [1.807, 2.05) is 31.2 Å². The van der Waals surface area contributed by atoms with Crippen molar-refractivity contribution in [2.24, 2.45) is 4.99 Å². The minimum atomic E-state index is 0.915. The SMILES string of the molecule is C/C=C\c1cccnc1C=NC. The average molecular weight is 160 g/mol. The number of pyridine rings is 1.